The number of nitrogens with two attached hydrogens (primary N) is 1. The lowest BCUT2D eigenvalue weighted by Gasteiger charge is -2.28. The molecular weight excluding hydrogens is 196 g/mol. The predicted octanol–water partition coefficient (Wildman–Crippen LogP) is 2.42. The average Bonchev–Trinajstić information content (AvgIpc) is 3.11. The third kappa shape index (κ3) is 3.06. The summed E-state index contributed by atoms with van der Waals surface area (Å²) in [6, 6.07) is 11.2. The largest absolute Gasteiger partial charge is 0.330 e. The molecule has 1 fully saturated rings. The van der Waals surface area contributed by atoms with Gasteiger partial charge in [-0.15, -0.1) is 0 Å². The Morgan fingerprint density at radius 2 is 2.00 bits per heavy atom. The third-order valence-electron chi connectivity index (χ3n) is 3.40. The molecule has 0 radical (unpaired) electrons. The lowest BCUT2D eigenvalue weighted by Crippen LogP contribution is -2.28. The van der Waals surface area contributed by atoms with Gasteiger partial charge in [0.1, 0.15) is 0 Å². The van der Waals surface area contributed by atoms with Gasteiger partial charge in [-0.05, 0) is 44.3 Å². The summed E-state index contributed by atoms with van der Waals surface area (Å²) in [5, 5.41) is 0. The zero-order valence-corrected chi connectivity index (χ0v) is 10.1. The van der Waals surface area contributed by atoms with E-state index in [4.69, 9.17) is 5.73 Å². The van der Waals surface area contributed by atoms with Crippen molar-refractivity contribution in [3.8, 4) is 0 Å². The van der Waals surface area contributed by atoms with Gasteiger partial charge >= 0.3 is 0 Å². The molecule has 1 saturated carbocycles. The average molecular weight is 218 g/mol. The van der Waals surface area contributed by atoms with E-state index in [2.05, 4.69) is 42.3 Å². The molecule has 2 rings (SSSR count). The van der Waals surface area contributed by atoms with Crippen molar-refractivity contribution in [3.05, 3.63) is 35.9 Å². The van der Waals surface area contributed by atoms with Gasteiger partial charge < -0.3 is 5.73 Å². The van der Waals surface area contributed by atoms with Crippen molar-refractivity contribution < 1.29 is 0 Å². The number of nitrogens with zero attached hydrogens (tertiary/aromatic N) is 1. The standard InChI is InChI=1S/C14H22N2/c1-16(11-12-7-8-12)14(9-10-15)13-5-3-2-4-6-13/h2-6,12,14H,7-11,15H2,1H3. The van der Waals surface area contributed by atoms with E-state index < -0.39 is 0 Å². The first kappa shape index (κ1) is 11.6. The van der Waals surface area contributed by atoms with Gasteiger partial charge in [0.25, 0.3) is 0 Å². The molecule has 2 N–H and O–H groups in total. The minimum absolute atomic E-state index is 0.492. The van der Waals surface area contributed by atoms with Crippen LogP contribution in [0.4, 0.5) is 0 Å². The topological polar surface area (TPSA) is 29.3 Å². The van der Waals surface area contributed by atoms with E-state index in [1.807, 2.05) is 0 Å². The van der Waals surface area contributed by atoms with Crippen molar-refractivity contribution in [2.45, 2.75) is 25.3 Å². The number of rotatable bonds is 6. The Bertz CT molecular complexity index is 306. The minimum Gasteiger partial charge on any atom is -0.330 e. The second kappa shape index (κ2) is 5.46. The second-order valence-corrected chi connectivity index (χ2v) is 4.89. The highest BCUT2D eigenvalue weighted by atomic mass is 15.1. The first-order chi connectivity index (χ1) is 7.81. The van der Waals surface area contributed by atoms with E-state index in [9.17, 15) is 0 Å². The molecule has 16 heavy (non-hydrogen) atoms. The van der Waals surface area contributed by atoms with Gasteiger partial charge in [-0.3, -0.25) is 4.90 Å². The Balaban J connectivity index is 2.03. The van der Waals surface area contributed by atoms with Gasteiger partial charge in [0.05, 0.1) is 0 Å². The Labute approximate surface area is 98.4 Å². The summed E-state index contributed by atoms with van der Waals surface area (Å²) in [7, 11) is 2.23. The molecule has 0 aliphatic heterocycles. The summed E-state index contributed by atoms with van der Waals surface area (Å²) in [5.41, 5.74) is 7.12. The van der Waals surface area contributed by atoms with Crippen LogP contribution in [-0.4, -0.2) is 25.0 Å². The Kier molecular flexibility index (Phi) is 3.97. The van der Waals surface area contributed by atoms with Gasteiger partial charge in [-0.2, -0.15) is 0 Å². The lowest BCUT2D eigenvalue weighted by atomic mass is 10.0. The van der Waals surface area contributed by atoms with Crippen LogP contribution in [0.15, 0.2) is 30.3 Å². The first-order valence-electron chi connectivity index (χ1n) is 6.26. The Morgan fingerprint density at radius 3 is 2.56 bits per heavy atom. The van der Waals surface area contributed by atoms with E-state index in [-0.39, 0.29) is 0 Å². The summed E-state index contributed by atoms with van der Waals surface area (Å²) >= 11 is 0. The summed E-state index contributed by atoms with van der Waals surface area (Å²) in [5.74, 6) is 0.939. The monoisotopic (exact) mass is 218 g/mol. The highest BCUT2D eigenvalue weighted by molar-refractivity contribution is 5.19. The molecule has 1 atom stereocenters. The molecule has 1 aromatic carbocycles. The third-order valence-corrected chi connectivity index (χ3v) is 3.40. The fraction of sp³-hybridized carbons (Fsp3) is 0.571. The van der Waals surface area contributed by atoms with Crippen LogP contribution >= 0.6 is 0 Å². The van der Waals surface area contributed by atoms with Crippen LogP contribution in [0, 0.1) is 5.92 Å². The Hall–Kier alpha value is -0.860. The number of hydrogen-bond donors (Lipinski definition) is 1. The maximum Gasteiger partial charge on any atom is 0.0357 e. The van der Waals surface area contributed by atoms with E-state index in [0.717, 1.165) is 18.9 Å². The number of hydrogen-bond acceptors (Lipinski definition) is 2. The molecule has 0 bridgehead atoms. The van der Waals surface area contributed by atoms with Crippen LogP contribution in [0.25, 0.3) is 0 Å². The van der Waals surface area contributed by atoms with Crippen molar-refractivity contribution in [1.82, 2.24) is 4.90 Å². The molecule has 88 valence electrons. The lowest BCUT2D eigenvalue weighted by molar-refractivity contribution is 0.226. The second-order valence-electron chi connectivity index (χ2n) is 4.89. The molecule has 1 unspecified atom stereocenters. The fourth-order valence-corrected chi connectivity index (χ4v) is 2.31. The quantitative estimate of drug-likeness (QED) is 0.794. The molecule has 0 saturated heterocycles. The molecule has 1 aliphatic rings. The smallest absolute Gasteiger partial charge is 0.0357 e. The normalized spacial score (nSPS) is 17.7. The van der Waals surface area contributed by atoms with Crippen LogP contribution in [0.5, 0.6) is 0 Å². The molecule has 0 aromatic heterocycles. The molecule has 2 nitrogen and oxygen atoms in total. The van der Waals surface area contributed by atoms with E-state index in [0.29, 0.717) is 6.04 Å². The van der Waals surface area contributed by atoms with Crippen molar-refractivity contribution in [1.29, 1.82) is 0 Å². The molecule has 0 heterocycles. The molecule has 0 amide bonds. The predicted molar refractivity (Wildman–Crippen MR) is 68.2 cm³/mol. The first-order valence-corrected chi connectivity index (χ1v) is 6.26. The van der Waals surface area contributed by atoms with Gasteiger partial charge in [-0.1, -0.05) is 30.3 Å². The van der Waals surface area contributed by atoms with Crippen LogP contribution in [0.3, 0.4) is 0 Å². The highest BCUT2D eigenvalue weighted by Crippen LogP contribution is 2.32. The molecule has 0 spiro atoms. The van der Waals surface area contributed by atoms with Gasteiger partial charge in [0.15, 0.2) is 0 Å². The summed E-state index contributed by atoms with van der Waals surface area (Å²) in [6.07, 6.45) is 3.87. The van der Waals surface area contributed by atoms with Gasteiger partial charge in [0.2, 0.25) is 0 Å². The SMILES string of the molecule is CN(CC1CC1)C(CCN)c1ccccc1. The molecule has 1 aliphatic carbocycles. The maximum atomic E-state index is 5.72. The summed E-state index contributed by atoms with van der Waals surface area (Å²) in [6.45, 7) is 1.98. The van der Waals surface area contributed by atoms with Crippen molar-refractivity contribution in [2.24, 2.45) is 11.7 Å². The highest BCUT2D eigenvalue weighted by Gasteiger charge is 2.26. The van der Waals surface area contributed by atoms with Crippen LogP contribution in [0.1, 0.15) is 30.9 Å². The van der Waals surface area contributed by atoms with Crippen LogP contribution in [-0.2, 0) is 0 Å². The number of benzene rings is 1. The molecule has 2 heteroatoms. The zero-order valence-electron chi connectivity index (χ0n) is 10.1. The van der Waals surface area contributed by atoms with Crippen molar-refractivity contribution in [2.75, 3.05) is 20.1 Å². The van der Waals surface area contributed by atoms with Crippen molar-refractivity contribution >= 4 is 0 Å². The summed E-state index contributed by atoms with van der Waals surface area (Å²) in [4.78, 5) is 2.47. The molecule has 1 aromatic rings. The minimum atomic E-state index is 0.492. The fourth-order valence-electron chi connectivity index (χ4n) is 2.31. The Morgan fingerprint density at radius 1 is 1.31 bits per heavy atom. The van der Waals surface area contributed by atoms with Crippen molar-refractivity contribution in [3.63, 3.8) is 0 Å². The van der Waals surface area contributed by atoms with E-state index in [1.54, 1.807) is 0 Å². The molecular formula is C14H22N2. The van der Waals surface area contributed by atoms with Crippen LogP contribution in [0.2, 0.25) is 0 Å². The zero-order chi connectivity index (χ0) is 11.4. The van der Waals surface area contributed by atoms with E-state index >= 15 is 0 Å². The summed E-state index contributed by atoms with van der Waals surface area (Å²) < 4.78 is 0. The maximum absolute atomic E-state index is 5.72. The van der Waals surface area contributed by atoms with Gasteiger partial charge in [0, 0.05) is 12.6 Å². The van der Waals surface area contributed by atoms with Gasteiger partial charge in [-0.25, -0.2) is 0 Å². The van der Waals surface area contributed by atoms with Crippen LogP contribution < -0.4 is 5.73 Å². The van der Waals surface area contributed by atoms with E-state index in [1.165, 1.54) is 24.9 Å².